The molecule has 4 aromatic rings. The van der Waals surface area contributed by atoms with E-state index in [1.807, 2.05) is 54.6 Å². The van der Waals surface area contributed by atoms with Crippen molar-refractivity contribution in [3.05, 3.63) is 91.7 Å². The summed E-state index contributed by atoms with van der Waals surface area (Å²) in [6.07, 6.45) is -0.473. The molecule has 164 valence electrons. The minimum absolute atomic E-state index is 0.315. The molecule has 7 heteroatoms. The Hall–Kier alpha value is -3.09. The van der Waals surface area contributed by atoms with Crippen LogP contribution in [-0.2, 0) is 24.4 Å². The van der Waals surface area contributed by atoms with Crippen LogP contribution in [0.2, 0.25) is 5.02 Å². The van der Waals surface area contributed by atoms with Gasteiger partial charge in [0.15, 0.2) is 0 Å². The van der Waals surface area contributed by atoms with Gasteiger partial charge < -0.3 is 9.30 Å². The number of aryl methyl sites for hydroxylation is 1. The molecular formula is C25H24ClN3O3. The van der Waals surface area contributed by atoms with E-state index in [4.69, 9.17) is 16.3 Å². The highest BCUT2D eigenvalue weighted by Gasteiger charge is 2.40. The summed E-state index contributed by atoms with van der Waals surface area (Å²) in [5, 5.41) is 1.12. The first-order valence-electron chi connectivity index (χ1n) is 10.5. The third kappa shape index (κ3) is 2.90. The first-order chi connectivity index (χ1) is 15.2. The van der Waals surface area contributed by atoms with E-state index in [9.17, 15) is 9.59 Å². The Morgan fingerprint density at radius 2 is 1.72 bits per heavy atom. The second-order valence-corrected chi connectivity index (χ2v) is 9.36. The van der Waals surface area contributed by atoms with E-state index >= 15 is 0 Å². The molecule has 1 aliphatic heterocycles. The van der Waals surface area contributed by atoms with Crippen molar-refractivity contribution in [2.24, 2.45) is 14.1 Å². The predicted octanol–water partition coefficient (Wildman–Crippen LogP) is 4.21. The summed E-state index contributed by atoms with van der Waals surface area (Å²) in [4.78, 5) is 26.4. The van der Waals surface area contributed by atoms with Gasteiger partial charge in [-0.25, -0.2) is 4.79 Å². The fourth-order valence-electron chi connectivity index (χ4n) is 4.79. The van der Waals surface area contributed by atoms with Crippen LogP contribution in [0.5, 0.6) is 0 Å². The van der Waals surface area contributed by atoms with Crippen molar-refractivity contribution < 1.29 is 4.74 Å². The van der Waals surface area contributed by atoms with Crippen molar-refractivity contribution >= 4 is 22.5 Å². The van der Waals surface area contributed by atoms with Gasteiger partial charge in [0.2, 0.25) is 0 Å². The van der Waals surface area contributed by atoms with Crippen LogP contribution in [0.15, 0.2) is 64.2 Å². The topological polar surface area (TPSA) is 58.2 Å². The van der Waals surface area contributed by atoms with Crippen LogP contribution in [-0.4, -0.2) is 20.3 Å². The molecule has 3 heterocycles. The number of hydrogen-bond acceptors (Lipinski definition) is 3. The van der Waals surface area contributed by atoms with Gasteiger partial charge in [0.1, 0.15) is 6.10 Å². The highest BCUT2D eigenvalue weighted by Crippen LogP contribution is 2.45. The van der Waals surface area contributed by atoms with Crippen molar-refractivity contribution in [1.29, 1.82) is 0 Å². The minimum atomic E-state index is -0.473. The fourth-order valence-corrected chi connectivity index (χ4v) is 4.99. The molecule has 1 atom stereocenters. The summed E-state index contributed by atoms with van der Waals surface area (Å²) < 4.78 is 11.3. The van der Waals surface area contributed by atoms with Gasteiger partial charge in [-0.05, 0) is 37.1 Å². The number of aromatic nitrogens is 3. The third-order valence-corrected chi connectivity index (χ3v) is 6.50. The zero-order valence-electron chi connectivity index (χ0n) is 18.4. The Labute approximate surface area is 190 Å². The standard InChI is InChI=1S/C25H24ClN3O3/c1-25(2)14-32-22(16-11-8-12-17(26)13-16)21-20-18(23(30)28(4)24(31)27(20)3)19(29(21)25)15-9-6-5-7-10-15/h5-13,22H,14H2,1-4H3/t22-/m0/s1. The molecular weight excluding hydrogens is 426 g/mol. The largest absolute Gasteiger partial charge is 0.365 e. The summed E-state index contributed by atoms with van der Waals surface area (Å²) in [5.74, 6) is 0. The van der Waals surface area contributed by atoms with Gasteiger partial charge >= 0.3 is 5.69 Å². The number of fused-ring (bicyclic) bond motifs is 3. The molecule has 0 amide bonds. The lowest BCUT2D eigenvalue weighted by atomic mass is 9.98. The van der Waals surface area contributed by atoms with Crippen LogP contribution in [0, 0.1) is 0 Å². The van der Waals surface area contributed by atoms with Crippen LogP contribution in [0.1, 0.15) is 31.2 Å². The van der Waals surface area contributed by atoms with Gasteiger partial charge in [-0.3, -0.25) is 13.9 Å². The monoisotopic (exact) mass is 449 g/mol. The first-order valence-corrected chi connectivity index (χ1v) is 10.9. The van der Waals surface area contributed by atoms with Crippen molar-refractivity contribution in [3.8, 4) is 11.3 Å². The van der Waals surface area contributed by atoms with Gasteiger partial charge in [0, 0.05) is 19.1 Å². The van der Waals surface area contributed by atoms with Crippen LogP contribution in [0.3, 0.4) is 0 Å². The highest BCUT2D eigenvalue weighted by molar-refractivity contribution is 6.30. The van der Waals surface area contributed by atoms with Crippen LogP contribution in [0.25, 0.3) is 22.2 Å². The number of halogens is 1. The molecule has 32 heavy (non-hydrogen) atoms. The third-order valence-electron chi connectivity index (χ3n) is 6.26. The molecule has 2 aromatic carbocycles. The normalized spacial score (nSPS) is 17.5. The van der Waals surface area contributed by atoms with Gasteiger partial charge in [0.25, 0.3) is 5.56 Å². The van der Waals surface area contributed by atoms with E-state index in [1.165, 1.54) is 11.6 Å². The Bertz CT molecular complexity index is 1480. The van der Waals surface area contributed by atoms with Crippen molar-refractivity contribution in [3.63, 3.8) is 0 Å². The molecule has 5 rings (SSSR count). The number of ether oxygens (including phenoxy) is 1. The summed E-state index contributed by atoms with van der Waals surface area (Å²) in [6.45, 7) is 4.60. The summed E-state index contributed by atoms with van der Waals surface area (Å²) in [5.41, 5.74) is 2.83. The molecule has 1 aliphatic rings. The van der Waals surface area contributed by atoms with Crippen LogP contribution < -0.4 is 11.2 Å². The Balaban J connectivity index is 2.02. The first kappa shape index (κ1) is 20.8. The maximum absolute atomic E-state index is 13.5. The molecule has 0 aliphatic carbocycles. The van der Waals surface area contributed by atoms with Crippen LogP contribution >= 0.6 is 11.6 Å². The summed E-state index contributed by atoms with van der Waals surface area (Å²) >= 11 is 6.30. The quantitative estimate of drug-likeness (QED) is 0.460. The van der Waals surface area contributed by atoms with E-state index in [-0.39, 0.29) is 11.2 Å². The average Bonchev–Trinajstić information content (AvgIpc) is 3.14. The van der Waals surface area contributed by atoms with Gasteiger partial charge in [-0.1, -0.05) is 54.1 Å². The molecule has 0 unspecified atom stereocenters. The number of benzene rings is 2. The molecule has 0 spiro atoms. The molecule has 2 aromatic heterocycles. The van der Waals surface area contributed by atoms with Crippen molar-refractivity contribution in [2.75, 3.05) is 6.61 Å². The van der Waals surface area contributed by atoms with Gasteiger partial charge in [0.05, 0.1) is 34.4 Å². The van der Waals surface area contributed by atoms with E-state index in [0.29, 0.717) is 22.5 Å². The summed E-state index contributed by atoms with van der Waals surface area (Å²) in [7, 11) is 3.22. The van der Waals surface area contributed by atoms with E-state index in [1.54, 1.807) is 11.6 Å². The van der Waals surface area contributed by atoms with Crippen LogP contribution in [0.4, 0.5) is 0 Å². The number of hydrogen-bond donors (Lipinski definition) is 0. The van der Waals surface area contributed by atoms with E-state index < -0.39 is 11.6 Å². The molecule has 6 nitrogen and oxygen atoms in total. The molecule has 0 saturated heterocycles. The lowest BCUT2D eigenvalue weighted by Crippen LogP contribution is -2.40. The predicted molar refractivity (Wildman–Crippen MR) is 126 cm³/mol. The highest BCUT2D eigenvalue weighted by atomic mass is 35.5. The molecule has 0 N–H and O–H groups in total. The molecule has 0 radical (unpaired) electrons. The van der Waals surface area contributed by atoms with Gasteiger partial charge in [-0.15, -0.1) is 0 Å². The van der Waals surface area contributed by atoms with Crippen molar-refractivity contribution in [1.82, 2.24) is 13.7 Å². The van der Waals surface area contributed by atoms with Crippen molar-refractivity contribution in [2.45, 2.75) is 25.5 Å². The van der Waals surface area contributed by atoms with E-state index in [2.05, 4.69) is 18.4 Å². The summed E-state index contributed by atoms with van der Waals surface area (Å²) in [6, 6.07) is 17.4. The zero-order chi connectivity index (χ0) is 22.8. The molecule has 0 saturated carbocycles. The average molecular weight is 450 g/mol. The lowest BCUT2D eigenvalue weighted by molar-refractivity contribution is -0.00706. The smallest absolute Gasteiger partial charge is 0.331 e. The minimum Gasteiger partial charge on any atom is -0.365 e. The Morgan fingerprint density at radius 1 is 1.00 bits per heavy atom. The molecule has 0 bridgehead atoms. The zero-order valence-corrected chi connectivity index (χ0v) is 19.2. The Kier molecular flexibility index (Phi) is 4.69. The Morgan fingerprint density at radius 3 is 2.41 bits per heavy atom. The lowest BCUT2D eigenvalue weighted by Gasteiger charge is -2.39. The second-order valence-electron chi connectivity index (χ2n) is 8.92. The van der Waals surface area contributed by atoms with E-state index in [0.717, 1.165) is 22.5 Å². The fraction of sp³-hybridized carbons (Fsp3) is 0.280. The maximum Gasteiger partial charge on any atom is 0.331 e. The molecule has 0 fully saturated rings. The number of rotatable bonds is 2. The van der Waals surface area contributed by atoms with Gasteiger partial charge in [-0.2, -0.15) is 0 Å². The SMILES string of the molecule is Cn1c(=O)c2c(-c3ccccc3)n3c(c2n(C)c1=O)[C@H](c1cccc(Cl)c1)OCC3(C)C. The number of nitrogens with zero attached hydrogens (tertiary/aromatic N) is 3. The maximum atomic E-state index is 13.5. The second kappa shape index (κ2) is 7.22.